The van der Waals surface area contributed by atoms with Crippen LogP contribution in [0, 0.1) is 0 Å². The van der Waals surface area contributed by atoms with Gasteiger partial charge in [0.15, 0.2) is 5.13 Å². The van der Waals surface area contributed by atoms with Crippen molar-refractivity contribution in [2.24, 2.45) is 0 Å². The molecule has 0 bridgehead atoms. The minimum atomic E-state index is -4.12. The average molecular weight is 434 g/mol. The third-order valence-electron chi connectivity index (χ3n) is 4.15. The highest BCUT2D eigenvalue weighted by molar-refractivity contribution is 7.83. The quantitative estimate of drug-likeness (QED) is 0.354. The van der Waals surface area contributed by atoms with E-state index in [1.54, 1.807) is 17.5 Å². The van der Waals surface area contributed by atoms with Gasteiger partial charge >= 0.3 is 10.3 Å². The number of para-hydroxylation sites is 1. The van der Waals surface area contributed by atoms with Gasteiger partial charge in [-0.25, -0.2) is 4.98 Å². The van der Waals surface area contributed by atoms with Gasteiger partial charge in [-0.3, -0.25) is 4.55 Å². The summed E-state index contributed by atoms with van der Waals surface area (Å²) in [6.07, 6.45) is 3.09. The maximum absolute atomic E-state index is 10.6. The summed E-state index contributed by atoms with van der Waals surface area (Å²) in [5, 5.41) is 2.88. The zero-order valence-electron chi connectivity index (χ0n) is 15.8. The molecule has 0 radical (unpaired) electrons. The number of thiazole rings is 1. The van der Waals surface area contributed by atoms with Crippen molar-refractivity contribution >= 4 is 32.5 Å². The van der Waals surface area contributed by atoms with Crippen molar-refractivity contribution in [2.75, 3.05) is 24.6 Å². The molecule has 1 heterocycles. The minimum absolute atomic E-state index is 0.198. The lowest BCUT2D eigenvalue weighted by atomic mass is 10.1. The van der Waals surface area contributed by atoms with Crippen LogP contribution in [0.15, 0.2) is 66.2 Å². The Hall–Kier alpha value is -2.46. The summed E-state index contributed by atoms with van der Waals surface area (Å²) in [5.74, 6) is 0.775. The summed E-state index contributed by atoms with van der Waals surface area (Å²) in [6.45, 7) is 1.37. The molecule has 0 spiro atoms. The fraction of sp³-hybridized carbons (Fsp3) is 0.250. The highest BCUT2D eigenvalue weighted by Crippen LogP contribution is 2.26. The Kier molecular flexibility index (Phi) is 7.59. The zero-order chi connectivity index (χ0) is 20.5. The van der Waals surface area contributed by atoms with E-state index in [1.807, 2.05) is 60.0 Å². The first-order valence-corrected chi connectivity index (χ1v) is 11.5. The lowest BCUT2D eigenvalue weighted by molar-refractivity contribution is 0.327. The van der Waals surface area contributed by atoms with Gasteiger partial charge in [0.05, 0.1) is 6.54 Å². The lowest BCUT2D eigenvalue weighted by Crippen LogP contribution is -2.23. The van der Waals surface area contributed by atoms with Crippen molar-refractivity contribution in [3.05, 3.63) is 71.7 Å². The van der Waals surface area contributed by atoms with Gasteiger partial charge in [-0.2, -0.15) is 13.1 Å². The van der Waals surface area contributed by atoms with Gasteiger partial charge in [0.1, 0.15) is 12.4 Å². The summed E-state index contributed by atoms with van der Waals surface area (Å²) < 4.78 is 37.8. The van der Waals surface area contributed by atoms with Crippen molar-refractivity contribution in [3.8, 4) is 5.75 Å². The van der Waals surface area contributed by atoms with Crippen LogP contribution in [0.4, 0.5) is 10.8 Å². The van der Waals surface area contributed by atoms with Crippen LogP contribution in [-0.2, 0) is 16.7 Å². The van der Waals surface area contributed by atoms with E-state index in [0.717, 1.165) is 22.1 Å². The van der Waals surface area contributed by atoms with E-state index in [9.17, 15) is 8.42 Å². The molecule has 0 unspecified atom stereocenters. The molecule has 2 N–H and O–H groups in total. The van der Waals surface area contributed by atoms with E-state index in [2.05, 4.69) is 14.6 Å². The molecule has 7 nitrogen and oxygen atoms in total. The normalized spacial score (nSPS) is 11.3. The van der Waals surface area contributed by atoms with Gasteiger partial charge in [-0.05, 0) is 42.7 Å². The largest absolute Gasteiger partial charge is 0.492 e. The molecule has 0 aliphatic carbocycles. The smallest absolute Gasteiger partial charge is 0.333 e. The molecule has 0 saturated carbocycles. The summed E-state index contributed by atoms with van der Waals surface area (Å²) in [4.78, 5) is 6.54. The first-order valence-electron chi connectivity index (χ1n) is 9.17. The highest BCUT2D eigenvalue weighted by Gasteiger charge is 2.11. The highest BCUT2D eigenvalue weighted by atomic mass is 32.2. The van der Waals surface area contributed by atoms with Gasteiger partial charge in [-0.1, -0.05) is 30.3 Å². The van der Waals surface area contributed by atoms with Crippen molar-refractivity contribution in [1.82, 2.24) is 9.71 Å². The van der Waals surface area contributed by atoms with Crippen LogP contribution in [0.25, 0.3) is 0 Å². The molecule has 0 atom stereocenters. The molecule has 0 amide bonds. The predicted octanol–water partition coefficient (Wildman–Crippen LogP) is 3.69. The van der Waals surface area contributed by atoms with Crippen LogP contribution in [0.3, 0.4) is 0 Å². The van der Waals surface area contributed by atoms with Crippen LogP contribution in [0.5, 0.6) is 5.75 Å². The van der Waals surface area contributed by atoms with E-state index >= 15 is 0 Å². The van der Waals surface area contributed by atoms with Crippen LogP contribution < -0.4 is 14.4 Å². The van der Waals surface area contributed by atoms with Gasteiger partial charge in [0, 0.05) is 23.8 Å². The number of hydrogen-bond donors (Lipinski definition) is 2. The number of hydrogen-bond acceptors (Lipinski definition) is 6. The Morgan fingerprint density at radius 2 is 1.86 bits per heavy atom. The van der Waals surface area contributed by atoms with Crippen molar-refractivity contribution in [3.63, 3.8) is 0 Å². The second-order valence-electron chi connectivity index (χ2n) is 6.27. The van der Waals surface area contributed by atoms with Gasteiger partial charge in [-0.15, -0.1) is 11.3 Å². The Morgan fingerprint density at radius 3 is 2.52 bits per heavy atom. The number of anilines is 2. The second kappa shape index (κ2) is 10.4. The molecule has 0 saturated heterocycles. The van der Waals surface area contributed by atoms with Gasteiger partial charge in [0.25, 0.3) is 0 Å². The molecule has 3 aromatic rings. The molecule has 2 aromatic carbocycles. The summed E-state index contributed by atoms with van der Waals surface area (Å²) in [5.41, 5.74) is 2.14. The Bertz CT molecular complexity index is 963. The van der Waals surface area contributed by atoms with Crippen LogP contribution in [0.2, 0.25) is 0 Å². The van der Waals surface area contributed by atoms with Gasteiger partial charge in [0.2, 0.25) is 0 Å². The van der Waals surface area contributed by atoms with E-state index in [-0.39, 0.29) is 6.54 Å². The van der Waals surface area contributed by atoms with Gasteiger partial charge < -0.3 is 9.64 Å². The summed E-state index contributed by atoms with van der Waals surface area (Å²) >= 11 is 1.59. The van der Waals surface area contributed by atoms with Crippen LogP contribution in [-0.4, -0.2) is 37.7 Å². The number of aryl methyl sites for hydroxylation is 1. The maximum Gasteiger partial charge on any atom is 0.333 e. The zero-order valence-corrected chi connectivity index (χ0v) is 17.4. The first kappa shape index (κ1) is 21.3. The predicted molar refractivity (Wildman–Crippen MR) is 115 cm³/mol. The number of benzene rings is 2. The monoisotopic (exact) mass is 433 g/mol. The molecule has 0 fully saturated rings. The van der Waals surface area contributed by atoms with E-state index in [0.29, 0.717) is 26.0 Å². The number of nitrogens with one attached hydrogen (secondary N) is 1. The molecular weight excluding hydrogens is 410 g/mol. The first-order chi connectivity index (χ1) is 14.0. The second-order valence-corrected chi connectivity index (χ2v) is 8.38. The third kappa shape index (κ3) is 7.13. The van der Waals surface area contributed by atoms with Crippen LogP contribution >= 0.6 is 11.3 Å². The Balaban J connectivity index is 1.49. The number of aromatic nitrogens is 1. The molecule has 29 heavy (non-hydrogen) atoms. The number of ether oxygens (including phenoxy) is 1. The van der Waals surface area contributed by atoms with E-state index in [4.69, 9.17) is 9.29 Å². The standard InChI is InChI=1S/C20H23N3O4S2/c24-29(25,26)22-12-4-5-17-8-10-19(11-9-17)27-15-14-23(20-21-13-16-28-20)18-6-2-1-3-7-18/h1-3,6-11,13,16,22H,4-5,12,14-15H2,(H,24,25,26). The van der Waals surface area contributed by atoms with Crippen molar-refractivity contribution in [1.29, 1.82) is 0 Å². The van der Waals surface area contributed by atoms with Crippen LogP contribution in [0.1, 0.15) is 12.0 Å². The third-order valence-corrected chi connectivity index (χ3v) is 5.52. The average Bonchev–Trinajstić information content (AvgIpc) is 3.24. The van der Waals surface area contributed by atoms with Crippen molar-refractivity contribution in [2.45, 2.75) is 12.8 Å². The van der Waals surface area contributed by atoms with E-state index in [1.165, 1.54) is 0 Å². The Labute approximate surface area is 174 Å². The molecule has 154 valence electrons. The summed E-state index contributed by atoms with van der Waals surface area (Å²) in [6, 6.07) is 17.8. The lowest BCUT2D eigenvalue weighted by Gasteiger charge is -2.22. The number of rotatable bonds is 11. The molecule has 9 heteroatoms. The van der Waals surface area contributed by atoms with E-state index < -0.39 is 10.3 Å². The molecular formula is C20H23N3O4S2. The molecule has 0 aliphatic heterocycles. The summed E-state index contributed by atoms with van der Waals surface area (Å²) in [7, 11) is -4.12. The molecule has 0 aliphatic rings. The minimum Gasteiger partial charge on any atom is -0.492 e. The molecule has 1 aromatic heterocycles. The van der Waals surface area contributed by atoms with Crippen molar-refractivity contribution < 1.29 is 17.7 Å². The number of nitrogens with zero attached hydrogens (tertiary/aromatic N) is 2. The fourth-order valence-electron chi connectivity index (χ4n) is 2.79. The molecule has 3 rings (SSSR count). The maximum atomic E-state index is 10.6. The SMILES string of the molecule is O=S(=O)(O)NCCCc1ccc(OCCN(c2ccccc2)c2nccs2)cc1. The topological polar surface area (TPSA) is 91.8 Å². The fourth-order valence-corrected chi connectivity index (χ4v) is 3.88. The Morgan fingerprint density at radius 1 is 1.10 bits per heavy atom.